The van der Waals surface area contributed by atoms with Gasteiger partial charge in [0.05, 0.1) is 0 Å². The van der Waals surface area contributed by atoms with Crippen LogP contribution in [0.4, 0.5) is 0 Å². The van der Waals surface area contributed by atoms with E-state index in [-0.39, 0.29) is 0 Å². The van der Waals surface area contributed by atoms with E-state index in [0.29, 0.717) is 0 Å². The summed E-state index contributed by atoms with van der Waals surface area (Å²) in [6.07, 6.45) is 4.31. The van der Waals surface area contributed by atoms with Crippen LogP contribution in [0, 0.1) is 5.41 Å². The molecule has 0 aromatic rings. The van der Waals surface area contributed by atoms with Crippen molar-refractivity contribution in [2.24, 2.45) is 5.41 Å². The molecule has 3 aliphatic rings. The molecular weight excluding hydrogens is 122 g/mol. The molecule has 3 fully saturated rings. The Balaban J connectivity index is 0.000000231. The monoisotopic (exact) mass is 141 g/mol. The lowest BCUT2D eigenvalue weighted by atomic mass is 9.69. The van der Waals surface area contributed by atoms with Crippen molar-refractivity contribution in [3.05, 3.63) is 0 Å². The quantitative estimate of drug-likeness (QED) is 0.590. The molecule has 1 heteroatoms. The highest BCUT2D eigenvalue weighted by Crippen LogP contribution is 2.48. The average molecular weight is 141 g/mol. The molecule has 0 unspecified atom stereocenters. The minimum Gasteiger partial charge on any atom is -0.313 e. The molecule has 3 rings (SSSR count). The zero-order valence-electron chi connectivity index (χ0n) is 7.41. The number of nitrogens with one attached hydrogen (secondary N) is 1. The van der Waals surface area contributed by atoms with Gasteiger partial charge >= 0.3 is 0 Å². The molecule has 0 radical (unpaired) electrons. The normalized spacial score (nSPS) is 41.7. The van der Waals surface area contributed by atoms with Gasteiger partial charge < -0.3 is 5.32 Å². The van der Waals surface area contributed by atoms with Gasteiger partial charge in [0.25, 0.3) is 0 Å². The Morgan fingerprint density at radius 3 is 2.20 bits per heavy atom. The van der Waals surface area contributed by atoms with E-state index in [0.717, 1.165) is 11.5 Å². The van der Waals surface area contributed by atoms with E-state index in [1.165, 1.54) is 25.8 Å². The Morgan fingerprint density at radius 1 is 1.40 bits per heavy atom. The molecule has 2 heterocycles. The van der Waals surface area contributed by atoms with Gasteiger partial charge in [-0.15, -0.1) is 0 Å². The van der Waals surface area contributed by atoms with Crippen LogP contribution in [0.5, 0.6) is 0 Å². The van der Waals surface area contributed by atoms with E-state index >= 15 is 0 Å². The molecule has 60 valence electrons. The summed E-state index contributed by atoms with van der Waals surface area (Å²) in [5, 5.41) is 3.49. The number of hydrogen-bond acceptors (Lipinski definition) is 1. The van der Waals surface area contributed by atoms with Crippen LogP contribution in [0.3, 0.4) is 0 Å². The van der Waals surface area contributed by atoms with Gasteiger partial charge in [0.1, 0.15) is 0 Å². The van der Waals surface area contributed by atoms with E-state index < -0.39 is 0 Å². The van der Waals surface area contributed by atoms with E-state index in [1.807, 2.05) is 13.8 Å². The lowest BCUT2D eigenvalue weighted by molar-refractivity contribution is 0.189. The molecule has 10 heavy (non-hydrogen) atoms. The second kappa shape index (κ2) is 2.91. The van der Waals surface area contributed by atoms with Gasteiger partial charge in [-0.05, 0) is 24.7 Å². The van der Waals surface area contributed by atoms with Crippen LogP contribution in [0.2, 0.25) is 0 Å². The lowest BCUT2D eigenvalue weighted by Gasteiger charge is -2.35. The summed E-state index contributed by atoms with van der Waals surface area (Å²) in [7, 11) is 0. The van der Waals surface area contributed by atoms with Gasteiger partial charge in [0.2, 0.25) is 0 Å². The first-order chi connectivity index (χ1) is 4.85. The maximum absolute atomic E-state index is 3.49. The third-order valence-electron chi connectivity index (χ3n) is 2.87. The summed E-state index contributed by atoms with van der Waals surface area (Å²) < 4.78 is 0. The molecule has 2 aliphatic heterocycles. The second-order valence-corrected chi connectivity index (χ2v) is 3.34. The molecule has 0 atom stereocenters. The van der Waals surface area contributed by atoms with Gasteiger partial charge in [0.15, 0.2) is 0 Å². The summed E-state index contributed by atoms with van der Waals surface area (Å²) in [5.41, 5.74) is 0.769. The highest BCUT2D eigenvalue weighted by molar-refractivity contribution is 5.05. The molecule has 1 N–H and O–H groups in total. The lowest BCUT2D eigenvalue weighted by Crippen LogP contribution is -2.32. The van der Waals surface area contributed by atoms with Crippen LogP contribution >= 0.6 is 0 Å². The van der Waals surface area contributed by atoms with E-state index in [9.17, 15) is 0 Å². The Hall–Kier alpha value is -0.0400. The van der Waals surface area contributed by atoms with Gasteiger partial charge in [-0.25, -0.2) is 0 Å². The molecule has 0 amide bonds. The molecule has 0 aromatic carbocycles. The van der Waals surface area contributed by atoms with Crippen LogP contribution in [0.1, 0.15) is 40.0 Å². The van der Waals surface area contributed by atoms with Crippen LogP contribution in [0.15, 0.2) is 0 Å². The summed E-state index contributed by atoms with van der Waals surface area (Å²) in [5.74, 6) is 0. The van der Waals surface area contributed by atoms with E-state index in [1.54, 1.807) is 0 Å². The smallest absolute Gasteiger partial charge is 0.00788 e. The number of hydrogen-bond donors (Lipinski definition) is 1. The summed E-state index contributed by atoms with van der Waals surface area (Å²) in [6, 6.07) is 0.912. The first-order valence-corrected chi connectivity index (χ1v) is 4.58. The Kier molecular flexibility index (Phi) is 2.35. The van der Waals surface area contributed by atoms with Crippen molar-refractivity contribution in [3.63, 3.8) is 0 Å². The Bertz CT molecular complexity index is 97.8. The molecule has 2 bridgehead atoms. The Labute approximate surface area is 64.2 Å². The minimum atomic E-state index is 0.769. The maximum atomic E-state index is 3.49. The van der Waals surface area contributed by atoms with Crippen molar-refractivity contribution in [1.29, 1.82) is 0 Å². The van der Waals surface area contributed by atoms with Crippen molar-refractivity contribution >= 4 is 0 Å². The molecule has 1 aliphatic carbocycles. The van der Waals surface area contributed by atoms with E-state index in [2.05, 4.69) is 12.2 Å². The predicted molar refractivity (Wildman–Crippen MR) is 45.1 cm³/mol. The highest BCUT2D eigenvalue weighted by atomic mass is 15.0. The molecular formula is C9H19N. The van der Waals surface area contributed by atoms with E-state index in [4.69, 9.17) is 0 Å². The molecule has 2 saturated heterocycles. The van der Waals surface area contributed by atoms with Gasteiger partial charge in [0, 0.05) is 12.6 Å². The third kappa shape index (κ3) is 1.07. The van der Waals surface area contributed by atoms with Gasteiger partial charge in [-0.1, -0.05) is 20.8 Å². The SMILES string of the molecule is CC.CCC12CNC(C1)C2. The van der Waals surface area contributed by atoms with Crippen molar-refractivity contribution in [1.82, 2.24) is 5.32 Å². The number of rotatable bonds is 1. The summed E-state index contributed by atoms with van der Waals surface area (Å²) in [4.78, 5) is 0. The molecule has 1 saturated carbocycles. The van der Waals surface area contributed by atoms with Crippen LogP contribution < -0.4 is 5.32 Å². The van der Waals surface area contributed by atoms with Crippen molar-refractivity contribution in [2.45, 2.75) is 46.1 Å². The van der Waals surface area contributed by atoms with Gasteiger partial charge in [-0.2, -0.15) is 0 Å². The maximum Gasteiger partial charge on any atom is 0.00788 e. The zero-order valence-corrected chi connectivity index (χ0v) is 7.41. The fourth-order valence-electron chi connectivity index (χ4n) is 2.05. The van der Waals surface area contributed by atoms with Crippen LogP contribution in [-0.4, -0.2) is 12.6 Å². The fourth-order valence-corrected chi connectivity index (χ4v) is 2.05. The average Bonchev–Trinajstić information content (AvgIpc) is 2.47. The highest BCUT2D eigenvalue weighted by Gasteiger charge is 2.48. The summed E-state index contributed by atoms with van der Waals surface area (Å²) >= 11 is 0. The van der Waals surface area contributed by atoms with Crippen molar-refractivity contribution in [3.8, 4) is 0 Å². The van der Waals surface area contributed by atoms with Crippen LogP contribution in [0.25, 0.3) is 0 Å². The Morgan fingerprint density at radius 2 is 2.00 bits per heavy atom. The first-order valence-electron chi connectivity index (χ1n) is 4.58. The third-order valence-corrected chi connectivity index (χ3v) is 2.87. The zero-order chi connectivity index (χ0) is 7.61. The predicted octanol–water partition coefficient (Wildman–Crippen LogP) is 2.17. The van der Waals surface area contributed by atoms with Crippen LogP contribution in [-0.2, 0) is 0 Å². The largest absolute Gasteiger partial charge is 0.313 e. The topological polar surface area (TPSA) is 12.0 Å². The first kappa shape index (κ1) is 8.06. The molecule has 0 aromatic heterocycles. The van der Waals surface area contributed by atoms with Crippen molar-refractivity contribution < 1.29 is 0 Å². The summed E-state index contributed by atoms with van der Waals surface area (Å²) in [6.45, 7) is 7.61. The minimum absolute atomic E-state index is 0.769. The molecule has 1 nitrogen and oxygen atoms in total. The standard InChI is InChI=1S/C7H13N.C2H6/c1-2-7-3-6(4-7)8-5-7;1-2/h6,8H,2-5H2,1H3;1-2H3. The molecule has 0 spiro atoms. The fraction of sp³-hybridized carbons (Fsp3) is 1.00. The van der Waals surface area contributed by atoms with Crippen molar-refractivity contribution in [2.75, 3.05) is 6.54 Å². The van der Waals surface area contributed by atoms with Gasteiger partial charge in [-0.3, -0.25) is 0 Å². The second-order valence-electron chi connectivity index (χ2n) is 3.34. The number of fused-ring (bicyclic) bond motifs is 1.